The maximum atomic E-state index is 4.58. The Morgan fingerprint density at radius 2 is 2.05 bits per heavy atom. The molecule has 0 radical (unpaired) electrons. The molecule has 0 aromatic carbocycles. The molecule has 1 aromatic rings. The SMILES string of the molecule is CNCc1ccc(N2CCC(CN(C)C)CC2)nc1. The van der Waals surface area contributed by atoms with Crippen LogP contribution in [0.15, 0.2) is 18.3 Å². The van der Waals surface area contributed by atoms with Gasteiger partial charge >= 0.3 is 0 Å². The summed E-state index contributed by atoms with van der Waals surface area (Å²) in [6, 6.07) is 4.32. The third-order valence-corrected chi connectivity index (χ3v) is 3.75. The van der Waals surface area contributed by atoms with Crippen molar-refractivity contribution in [2.75, 3.05) is 45.7 Å². The zero-order chi connectivity index (χ0) is 13.7. The fourth-order valence-electron chi connectivity index (χ4n) is 2.77. The van der Waals surface area contributed by atoms with E-state index < -0.39 is 0 Å². The van der Waals surface area contributed by atoms with Crippen LogP contribution in [0.3, 0.4) is 0 Å². The normalized spacial score (nSPS) is 17.2. The van der Waals surface area contributed by atoms with Crippen LogP contribution >= 0.6 is 0 Å². The van der Waals surface area contributed by atoms with Crippen LogP contribution in [0, 0.1) is 5.92 Å². The first-order chi connectivity index (χ1) is 9.19. The van der Waals surface area contributed by atoms with Gasteiger partial charge in [0.05, 0.1) is 0 Å². The Morgan fingerprint density at radius 3 is 2.58 bits per heavy atom. The van der Waals surface area contributed by atoms with Crippen LogP contribution in [0.5, 0.6) is 0 Å². The summed E-state index contributed by atoms with van der Waals surface area (Å²) in [7, 11) is 6.28. The number of nitrogens with zero attached hydrogens (tertiary/aromatic N) is 3. The predicted octanol–water partition coefficient (Wildman–Crippen LogP) is 1.58. The monoisotopic (exact) mass is 262 g/mol. The van der Waals surface area contributed by atoms with Gasteiger partial charge < -0.3 is 15.1 Å². The molecule has 4 nitrogen and oxygen atoms in total. The van der Waals surface area contributed by atoms with E-state index in [0.717, 1.165) is 31.4 Å². The molecule has 2 heterocycles. The third-order valence-electron chi connectivity index (χ3n) is 3.75. The fraction of sp³-hybridized carbons (Fsp3) is 0.667. The lowest BCUT2D eigenvalue weighted by Crippen LogP contribution is -2.37. The first kappa shape index (κ1) is 14.3. The number of aromatic nitrogens is 1. The topological polar surface area (TPSA) is 31.4 Å². The van der Waals surface area contributed by atoms with Crippen LogP contribution in [0.2, 0.25) is 0 Å². The van der Waals surface area contributed by atoms with Crippen molar-refractivity contribution in [2.45, 2.75) is 19.4 Å². The molecule has 0 spiro atoms. The summed E-state index contributed by atoms with van der Waals surface area (Å²) in [5.41, 5.74) is 1.24. The van der Waals surface area contributed by atoms with Crippen molar-refractivity contribution in [1.29, 1.82) is 0 Å². The highest BCUT2D eigenvalue weighted by molar-refractivity contribution is 5.39. The summed E-state index contributed by atoms with van der Waals surface area (Å²) in [4.78, 5) is 9.29. The number of piperidine rings is 1. The van der Waals surface area contributed by atoms with Crippen molar-refractivity contribution in [1.82, 2.24) is 15.2 Å². The lowest BCUT2D eigenvalue weighted by atomic mass is 9.96. The van der Waals surface area contributed by atoms with Crippen molar-refractivity contribution < 1.29 is 0 Å². The summed E-state index contributed by atoms with van der Waals surface area (Å²) in [6.07, 6.45) is 4.54. The number of hydrogen-bond acceptors (Lipinski definition) is 4. The molecule has 19 heavy (non-hydrogen) atoms. The standard InChI is InChI=1S/C15H26N4/c1-16-10-14-4-5-15(17-11-14)19-8-6-13(7-9-19)12-18(2)3/h4-5,11,13,16H,6-10,12H2,1-3H3. The van der Waals surface area contributed by atoms with Gasteiger partial charge in [-0.15, -0.1) is 0 Å². The second-order valence-corrected chi connectivity index (χ2v) is 5.75. The maximum absolute atomic E-state index is 4.58. The van der Waals surface area contributed by atoms with Crippen molar-refractivity contribution in [3.63, 3.8) is 0 Å². The largest absolute Gasteiger partial charge is 0.357 e. The third kappa shape index (κ3) is 4.18. The zero-order valence-electron chi connectivity index (χ0n) is 12.4. The molecule has 0 atom stereocenters. The van der Waals surface area contributed by atoms with Gasteiger partial charge in [0, 0.05) is 32.4 Å². The van der Waals surface area contributed by atoms with Gasteiger partial charge in [-0.2, -0.15) is 0 Å². The minimum atomic E-state index is 0.842. The van der Waals surface area contributed by atoms with Crippen LogP contribution in [-0.4, -0.2) is 50.7 Å². The number of nitrogens with one attached hydrogen (secondary N) is 1. The second-order valence-electron chi connectivity index (χ2n) is 5.75. The average molecular weight is 262 g/mol. The molecule has 4 heteroatoms. The van der Waals surface area contributed by atoms with E-state index in [1.807, 2.05) is 13.2 Å². The smallest absolute Gasteiger partial charge is 0.128 e. The molecule has 0 unspecified atom stereocenters. The molecular weight excluding hydrogens is 236 g/mol. The molecule has 1 fully saturated rings. The highest BCUT2D eigenvalue weighted by atomic mass is 15.2. The van der Waals surface area contributed by atoms with Gasteiger partial charge in [0.2, 0.25) is 0 Å². The van der Waals surface area contributed by atoms with Gasteiger partial charge in [0.1, 0.15) is 5.82 Å². The molecule has 2 rings (SSSR count). The average Bonchev–Trinajstić information content (AvgIpc) is 2.40. The molecule has 0 saturated carbocycles. The molecule has 1 aromatic heterocycles. The number of hydrogen-bond donors (Lipinski definition) is 1. The highest BCUT2D eigenvalue weighted by Gasteiger charge is 2.20. The Bertz CT molecular complexity index is 366. The number of pyridine rings is 1. The van der Waals surface area contributed by atoms with Crippen LogP contribution in [0.4, 0.5) is 5.82 Å². The van der Waals surface area contributed by atoms with E-state index in [9.17, 15) is 0 Å². The molecular formula is C15H26N4. The molecule has 1 aliphatic heterocycles. The van der Waals surface area contributed by atoms with Crippen LogP contribution < -0.4 is 10.2 Å². The van der Waals surface area contributed by atoms with E-state index in [-0.39, 0.29) is 0 Å². The highest BCUT2D eigenvalue weighted by Crippen LogP contribution is 2.22. The Labute approximate surface area is 116 Å². The van der Waals surface area contributed by atoms with Gasteiger partial charge in [0.15, 0.2) is 0 Å². The van der Waals surface area contributed by atoms with E-state index in [1.54, 1.807) is 0 Å². The molecule has 106 valence electrons. The van der Waals surface area contributed by atoms with E-state index in [4.69, 9.17) is 0 Å². The Hall–Kier alpha value is -1.13. The van der Waals surface area contributed by atoms with Gasteiger partial charge in [-0.1, -0.05) is 6.07 Å². The summed E-state index contributed by atoms with van der Waals surface area (Å²) in [6.45, 7) is 4.37. The molecule has 1 saturated heterocycles. The lowest BCUT2D eigenvalue weighted by Gasteiger charge is -2.34. The van der Waals surface area contributed by atoms with Crippen molar-refractivity contribution >= 4 is 5.82 Å². The van der Waals surface area contributed by atoms with Gasteiger partial charge in [-0.3, -0.25) is 0 Å². The fourth-order valence-corrected chi connectivity index (χ4v) is 2.77. The molecule has 0 amide bonds. The van der Waals surface area contributed by atoms with Crippen molar-refractivity contribution in [3.8, 4) is 0 Å². The summed E-state index contributed by atoms with van der Waals surface area (Å²) in [5.74, 6) is 1.97. The van der Waals surface area contributed by atoms with Crippen LogP contribution in [-0.2, 0) is 6.54 Å². The van der Waals surface area contributed by atoms with Gasteiger partial charge in [-0.25, -0.2) is 4.98 Å². The lowest BCUT2D eigenvalue weighted by molar-refractivity contribution is 0.284. The minimum absolute atomic E-state index is 0.842. The molecule has 0 bridgehead atoms. The van der Waals surface area contributed by atoms with E-state index in [2.05, 4.69) is 46.3 Å². The molecule has 1 aliphatic rings. The quantitative estimate of drug-likeness (QED) is 0.873. The Kier molecular flexibility index (Phi) is 5.16. The van der Waals surface area contributed by atoms with Gasteiger partial charge in [0.25, 0.3) is 0 Å². The molecule has 1 N–H and O–H groups in total. The Morgan fingerprint density at radius 1 is 1.32 bits per heavy atom. The zero-order valence-corrected chi connectivity index (χ0v) is 12.4. The second kappa shape index (κ2) is 6.87. The summed E-state index contributed by atoms with van der Waals surface area (Å²) >= 11 is 0. The number of rotatable bonds is 5. The summed E-state index contributed by atoms with van der Waals surface area (Å²) in [5, 5.41) is 3.15. The first-order valence-corrected chi connectivity index (χ1v) is 7.18. The minimum Gasteiger partial charge on any atom is -0.357 e. The van der Waals surface area contributed by atoms with Crippen LogP contribution in [0.25, 0.3) is 0 Å². The maximum Gasteiger partial charge on any atom is 0.128 e. The summed E-state index contributed by atoms with van der Waals surface area (Å²) < 4.78 is 0. The van der Waals surface area contributed by atoms with Crippen molar-refractivity contribution in [3.05, 3.63) is 23.9 Å². The van der Waals surface area contributed by atoms with Crippen LogP contribution in [0.1, 0.15) is 18.4 Å². The number of anilines is 1. The van der Waals surface area contributed by atoms with E-state index >= 15 is 0 Å². The van der Waals surface area contributed by atoms with E-state index in [0.29, 0.717) is 0 Å². The van der Waals surface area contributed by atoms with Gasteiger partial charge in [-0.05, 0) is 51.5 Å². The first-order valence-electron chi connectivity index (χ1n) is 7.18. The predicted molar refractivity (Wildman–Crippen MR) is 80.5 cm³/mol. The van der Waals surface area contributed by atoms with Crippen molar-refractivity contribution in [2.24, 2.45) is 5.92 Å². The van der Waals surface area contributed by atoms with E-state index in [1.165, 1.54) is 24.9 Å². The molecule has 0 aliphatic carbocycles. The Balaban J connectivity index is 1.87.